The first kappa shape index (κ1) is 74.2. The molecule has 512 valence electrons. The van der Waals surface area contributed by atoms with Gasteiger partial charge >= 0.3 is 5.69 Å². The number of nitro benzene ring substituents is 1. The van der Waals surface area contributed by atoms with Crippen molar-refractivity contribution in [2.75, 3.05) is 57.6 Å². The van der Waals surface area contributed by atoms with Crippen LogP contribution in [0.4, 0.5) is 17.5 Å². The Morgan fingerprint density at radius 1 is 0.745 bits per heavy atom. The molecule has 3 aliphatic heterocycles. The second-order valence-electron chi connectivity index (χ2n) is 23.6. The zero-order valence-corrected chi connectivity index (χ0v) is 55.0. The first-order valence-electron chi connectivity index (χ1n) is 32.5. The van der Waals surface area contributed by atoms with E-state index in [-0.39, 0.29) is 35.4 Å². The molecule has 4 aromatic carbocycles. The van der Waals surface area contributed by atoms with Crippen LogP contribution in [-0.4, -0.2) is 155 Å². The van der Waals surface area contributed by atoms with Crippen LogP contribution in [0.25, 0.3) is 10.9 Å². The number of carbonyl (C=O) groups is 4. The van der Waals surface area contributed by atoms with E-state index in [1.165, 1.54) is 126 Å². The lowest BCUT2D eigenvalue weighted by molar-refractivity contribution is -0.385. The van der Waals surface area contributed by atoms with Crippen LogP contribution in [0.15, 0.2) is 73.1 Å². The molecule has 0 spiro atoms. The van der Waals surface area contributed by atoms with Crippen molar-refractivity contribution in [3.05, 3.63) is 106 Å². The van der Waals surface area contributed by atoms with E-state index in [0.29, 0.717) is 102 Å². The average molecular weight is 1310 g/mol. The van der Waals surface area contributed by atoms with Crippen LogP contribution in [0, 0.1) is 17.0 Å². The van der Waals surface area contributed by atoms with Gasteiger partial charge in [0.05, 0.1) is 36.3 Å². The third-order valence-electron chi connectivity index (χ3n) is 16.4. The van der Waals surface area contributed by atoms with Gasteiger partial charge in [0.2, 0.25) is 23.6 Å². The normalized spacial score (nSPS) is 17.2. The standard InChI is InChI=1S/C27H46O3.C23H25N5O5.C9H14N4O4.C9H9NO4/c1-2-3-4-5-6-7-8-9-10-11-12-13-14-15-16-19-25(28)20-17-18-24-21-22-26(29)27(30)23-24;1-30-18-11-14-15(12-19(18)31-2)25-23(26-21(14)24)28-9-7-27(8-10-28)22(29)20-13-32-16-5-3-4-6-17(16)33-20;1-2-4-5(14)6(15)9(17-4)13-3-11-8(12-13)7(10)16;1-5-3-7(6(2)11)9(12)8(4-5)10(13)14/h21-23,29-30H,2-20H2,1H3;3-6,11-12,20H,7-10,13H2,1-2H3,(H2,24,25,26);3-6,9,14-15H,2H2,1H3,(H2,10,16);3-4,12H,1-2H3/t;;4-,5-,6-,9-;/m..1./s1. The number of nitrogen functional groups attached to an aromatic ring is 1. The summed E-state index contributed by atoms with van der Waals surface area (Å²) in [6.45, 7) is 9.38. The number of hydrogen-bond acceptors (Lipinski definition) is 22. The number of aliphatic hydroxyl groups is 2. The first-order valence-corrected chi connectivity index (χ1v) is 32.5. The summed E-state index contributed by atoms with van der Waals surface area (Å²) in [7, 11) is 3.14. The van der Waals surface area contributed by atoms with Crippen molar-refractivity contribution in [2.45, 2.75) is 187 Å². The number of carbonyl (C=O) groups excluding carboxylic acids is 4. The van der Waals surface area contributed by atoms with Gasteiger partial charge in [0.1, 0.15) is 36.7 Å². The molecular weight excluding hydrogens is 1210 g/mol. The molecule has 94 heavy (non-hydrogen) atoms. The highest BCUT2D eigenvalue weighted by atomic mass is 16.6. The number of rotatable bonds is 29. The Balaban J connectivity index is 0.000000210. The summed E-state index contributed by atoms with van der Waals surface area (Å²) in [6, 6.07) is 18.4. The average Bonchev–Trinajstić information content (AvgIpc) is 1.07. The number of anilines is 2. The maximum absolute atomic E-state index is 13.0. The summed E-state index contributed by atoms with van der Waals surface area (Å²) in [5.41, 5.74) is 13.0. The van der Waals surface area contributed by atoms with Crippen molar-refractivity contribution in [1.82, 2.24) is 29.6 Å². The lowest BCUT2D eigenvalue weighted by Gasteiger charge is -2.37. The number of nitrogens with zero attached hydrogens (tertiary/aromatic N) is 8. The molecule has 2 aromatic heterocycles. The Labute approximate surface area is 548 Å². The number of primary amides is 1. The molecule has 0 aliphatic carbocycles. The summed E-state index contributed by atoms with van der Waals surface area (Å²) >= 11 is 0. The van der Waals surface area contributed by atoms with Gasteiger partial charge in [0.15, 0.2) is 46.5 Å². The van der Waals surface area contributed by atoms with Gasteiger partial charge in [-0.1, -0.05) is 122 Å². The number of aromatic hydroxyl groups is 3. The van der Waals surface area contributed by atoms with Crippen molar-refractivity contribution >= 4 is 51.7 Å². The predicted molar refractivity (Wildman–Crippen MR) is 354 cm³/mol. The number of ether oxygens (including phenoxy) is 5. The van der Waals surface area contributed by atoms with Crippen LogP contribution >= 0.6 is 0 Å². The number of Topliss-reactive ketones (excluding diaryl/α,β-unsaturated/α-hetero) is 2. The lowest BCUT2D eigenvalue weighted by Crippen LogP contribution is -2.54. The number of fused-ring (bicyclic) bond motifs is 2. The topological polar surface area (TPSA) is 374 Å². The Morgan fingerprint density at radius 2 is 1.35 bits per heavy atom. The monoisotopic (exact) mass is 1310 g/mol. The van der Waals surface area contributed by atoms with Crippen LogP contribution in [0.1, 0.15) is 181 Å². The van der Waals surface area contributed by atoms with Gasteiger partial charge in [-0.3, -0.25) is 29.3 Å². The minimum atomic E-state index is -1.11. The first-order chi connectivity index (χ1) is 45.2. The van der Waals surface area contributed by atoms with Gasteiger partial charge < -0.3 is 70.5 Å². The molecule has 5 atom stereocenters. The van der Waals surface area contributed by atoms with Crippen LogP contribution in [-0.2, 0) is 20.7 Å². The number of aromatic nitrogens is 5. The minimum Gasteiger partial charge on any atom is -0.504 e. The molecule has 6 aromatic rings. The summed E-state index contributed by atoms with van der Waals surface area (Å²) in [5.74, 6) is 1.48. The van der Waals surface area contributed by atoms with Crippen LogP contribution in [0.5, 0.6) is 40.2 Å². The van der Waals surface area contributed by atoms with Gasteiger partial charge in [-0.15, -0.1) is 5.10 Å². The highest BCUT2D eigenvalue weighted by Gasteiger charge is 2.43. The Morgan fingerprint density at radius 3 is 1.91 bits per heavy atom. The summed E-state index contributed by atoms with van der Waals surface area (Å²) in [5, 5.41) is 62.6. The summed E-state index contributed by atoms with van der Waals surface area (Å²) in [4.78, 5) is 73.2. The van der Waals surface area contributed by atoms with Gasteiger partial charge in [0, 0.05) is 56.5 Å². The number of phenols is 3. The van der Waals surface area contributed by atoms with E-state index < -0.39 is 58.7 Å². The number of nitrogens with two attached hydrogens (primary N) is 2. The van der Waals surface area contributed by atoms with Crippen LogP contribution in [0.3, 0.4) is 0 Å². The Bertz CT molecular complexity index is 3400. The maximum Gasteiger partial charge on any atom is 0.311 e. The minimum absolute atomic E-state index is 0.0169. The Hall–Kier alpha value is -8.88. The number of para-hydroxylation sites is 2. The van der Waals surface area contributed by atoms with E-state index in [1.54, 1.807) is 56.4 Å². The number of hydrogen-bond donors (Lipinski definition) is 7. The molecular formula is C68H94N10O16. The van der Waals surface area contributed by atoms with E-state index in [4.69, 9.17) is 35.2 Å². The Kier molecular flexibility index (Phi) is 29.8. The van der Waals surface area contributed by atoms with Gasteiger partial charge in [0.25, 0.3) is 11.8 Å². The van der Waals surface area contributed by atoms with Crippen LogP contribution < -0.4 is 35.3 Å². The number of nitro groups is 1. The number of phenolic OH excluding ortho intramolecular Hbond substituents is 3. The largest absolute Gasteiger partial charge is 0.504 e. The van der Waals surface area contributed by atoms with Crippen molar-refractivity contribution in [3.8, 4) is 40.2 Å². The maximum atomic E-state index is 13.0. The van der Waals surface area contributed by atoms with Gasteiger partial charge in [-0.2, -0.15) is 4.98 Å². The molecule has 26 nitrogen and oxygen atoms in total. The third kappa shape index (κ3) is 21.9. The molecule has 0 radical (unpaired) electrons. The zero-order chi connectivity index (χ0) is 68.3. The van der Waals surface area contributed by atoms with E-state index >= 15 is 0 Å². The highest BCUT2D eigenvalue weighted by molar-refractivity contribution is 5.98. The fourth-order valence-corrected chi connectivity index (χ4v) is 11.1. The number of ketones is 2. The number of aliphatic hydroxyl groups excluding tert-OH is 2. The molecule has 5 heterocycles. The second kappa shape index (κ2) is 37.7. The molecule has 26 heteroatoms. The molecule has 1 unspecified atom stereocenters. The number of benzene rings is 4. The SMILES string of the molecule is CC(=O)c1cc(C)cc([N+](=O)[O-])c1O.CCCCCCCCCCCCCCCCCC(=O)CCCc1ccc(O)c(O)c1.CC[C@H]1O[C@@H](n2cnc(C(N)=O)n2)[C@H](O)[C@@H]1O.COc1cc2nc(N3CCN(C(=O)C4COc5ccccc5O4)CC3)nc(N)c2cc1OC. The fraction of sp³-hybridized carbons (Fsp3) is 0.529. The number of unbranched alkanes of at least 4 members (excludes halogenated alkanes) is 14. The zero-order valence-electron chi connectivity index (χ0n) is 55.0. The third-order valence-corrected chi connectivity index (χ3v) is 16.4. The van der Waals surface area contributed by atoms with Crippen molar-refractivity contribution in [3.63, 3.8) is 0 Å². The van der Waals surface area contributed by atoms with E-state index in [1.807, 2.05) is 30.0 Å². The van der Waals surface area contributed by atoms with Crippen LogP contribution in [0.2, 0.25) is 0 Å². The summed E-state index contributed by atoms with van der Waals surface area (Å²) < 4.78 is 28.9. The number of piperazine rings is 1. The van der Waals surface area contributed by atoms with Crippen molar-refractivity contribution < 1.29 is 73.3 Å². The molecule has 2 amide bonds. The lowest BCUT2D eigenvalue weighted by atomic mass is 10.0. The molecule has 0 bridgehead atoms. The number of amides is 2. The quantitative estimate of drug-likeness (QED) is 0.00754. The molecule has 2 saturated heterocycles. The van der Waals surface area contributed by atoms with Crippen molar-refractivity contribution in [1.29, 1.82) is 0 Å². The predicted octanol–water partition coefficient (Wildman–Crippen LogP) is 10.2. The second-order valence-corrected chi connectivity index (χ2v) is 23.6. The molecule has 2 fully saturated rings. The van der Waals surface area contributed by atoms with Crippen molar-refractivity contribution in [2.24, 2.45) is 5.73 Å². The molecule has 9 N–H and O–H groups in total. The summed E-state index contributed by atoms with van der Waals surface area (Å²) in [6.07, 6.45) is 20.8. The highest BCUT2D eigenvalue weighted by Crippen LogP contribution is 2.36. The number of methoxy groups -OCH3 is 2. The van der Waals surface area contributed by atoms with E-state index in [2.05, 4.69) is 27.0 Å². The smallest absolute Gasteiger partial charge is 0.311 e. The molecule has 0 saturated carbocycles. The fourth-order valence-electron chi connectivity index (χ4n) is 11.1. The molecule has 3 aliphatic rings. The molecule has 9 rings (SSSR count). The van der Waals surface area contributed by atoms with Gasteiger partial charge in [-0.05, 0) is 87.1 Å². The number of aryl methyl sites for hydroxylation is 2. The van der Waals surface area contributed by atoms with E-state index in [9.17, 15) is 54.8 Å². The van der Waals surface area contributed by atoms with E-state index in [0.717, 1.165) is 24.8 Å². The van der Waals surface area contributed by atoms with Gasteiger partial charge in [-0.25, -0.2) is 14.6 Å².